The smallest absolute Gasteiger partial charge is 0.354 e. The summed E-state index contributed by atoms with van der Waals surface area (Å²) in [6.45, 7) is 0.535. The largest absolute Gasteiger partial charge is 0.418 e. The highest BCUT2D eigenvalue weighted by atomic mass is 35.5. The van der Waals surface area contributed by atoms with E-state index in [2.05, 4.69) is 4.98 Å². The van der Waals surface area contributed by atoms with Gasteiger partial charge in [-0.3, -0.25) is 0 Å². The fraction of sp³-hybridized carbons (Fsp3) is 0.263. The number of benzene rings is 2. The van der Waals surface area contributed by atoms with E-state index >= 15 is 0 Å². The Morgan fingerprint density at radius 2 is 1.65 bits per heavy atom. The first kappa shape index (κ1) is 19.1. The minimum Gasteiger partial charge on any atom is -0.354 e. The fourth-order valence-electron chi connectivity index (χ4n) is 3.11. The lowest BCUT2D eigenvalue weighted by Gasteiger charge is -2.09. The van der Waals surface area contributed by atoms with E-state index in [9.17, 15) is 13.2 Å². The number of aryl methyl sites for hydroxylation is 1. The molecule has 3 N–H and O–H groups in total. The van der Waals surface area contributed by atoms with Crippen LogP contribution in [0.4, 0.5) is 13.2 Å². The third kappa shape index (κ3) is 3.85. The number of nitrogens with two attached hydrogens (primary N) is 1. The molecule has 1 aromatic heterocycles. The predicted octanol–water partition coefficient (Wildman–Crippen LogP) is 6.44. The van der Waals surface area contributed by atoms with Gasteiger partial charge in [-0.25, -0.2) is 0 Å². The van der Waals surface area contributed by atoms with Gasteiger partial charge in [0.1, 0.15) is 0 Å². The Morgan fingerprint density at radius 3 is 2.27 bits per heavy atom. The van der Waals surface area contributed by atoms with Crippen molar-refractivity contribution in [3.05, 3.63) is 57.6 Å². The molecule has 2 aromatic carbocycles. The van der Waals surface area contributed by atoms with Gasteiger partial charge in [0, 0.05) is 21.1 Å². The maximum Gasteiger partial charge on any atom is 0.418 e. The molecule has 26 heavy (non-hydrogen) atoms. The van der Waals surface area contributed by atoms with E-state index in [1.165, 1.54) is 0 Å². The number of nitrogens with one attached hydrogen (secondary N) is 1. The molecule has 0 aliphatic rings. The van der Waals surface area contributed by atoms with Crippen LogP contribution in [0, 0.1) is 0 Å². The van der Waals surface area contributed by atoms with Gasteiger partial charge in [0.2, 0.25) is 0 Å². The number of fused-ring (bicyclic) bond motifs is 1. The third-order valence-electron chi connectivity index (χ3n) is 4.30. The van der Waals surface area contributed by atoms with E-state index in [4.69, 9.17) is 28.9 Å². The topological polar surface area (TPSA) is 41.8 Å². The van der Waals surface area contributed by atoms with Crippen LogP contribution < -0.4 is 5.73 Å². The van der Waals surface area contributed by atoms with E-state index in [1.807, 2.05) is 0 Å². The zero-order valence-corrected chi connectivity index (χ0v) is 15.3. The zero-order chi connectivity index (χ0) is 18.9. The molecular formula is C19H17Cl2F3N2. The molecule has 0 radical (unpaired) electrons. The van der Waals surface area contributed by atoms with E-state index in [1.54, 1.807) is 30.3 Å². The quantitative estimate of drug-likeness (QED) is 0.475. The summed E-state index contributed by atoms with van der Waals surface area (Å²) in [5.74, 6) is 0. The predicted molar refractivity (Wildman–Crippen MR) is 101 cm³/mol. The van der Waals surface area contributed by atoms with E-state index < -0.39 is 11.7 Å². The van der Waals surface area contributed by atoms with Crippen molar-refractivity contribution in [3.8, 4) is 11.3 Å². The lowest BCUT2D eigenvalue weighted by molar-refractivity contribution is -0.136. The first-order chi connectivity index (χ1) is 12.3. The minimum atomic E-state index is -4.50. The molecule has 0 aliphatic carbocycles. The van der Waals surface area contributed by atoms with Crippen molar-refractivity contribution in [3.63, 3.8) is 0 Å². The molecule has 7 heteroatoms. The van der Waals surface area contributed by atoms with Crippen molar-refractivity contribution in [1.29, 1.82) is 0 Å². The first-order valence-corrected chi connectivity index (χ1v) is 8.94. The normalized spacial score (nSPS) is 12.1. The summed E-state index contributed by atoms with van der Waals surface area (Å²) >= 11 is 11.9. The van der Waals surface area contributed by atoms with E-state index in [0.717, 1.165) is 30.0 Å². The maximum atomic E-state index is 13.5. The average Bonchev–Trinajstić information content (AvgIpc) is 2.93. The molecule has 2 nitrogen and oxygen atoms in total. The number of alkyl halides is 3. The van der Waals surface area contributed by atoms with Gasteiger partial charge in [-0.1, -0.05) is 35.3 Å². The van der Waals surface area contributed by atoms with Crippen LogP contribution in [0.5, 0.6) is 0 Å². The molecule has 0 atom stereocenters. The van der Waals surface area contributed by atoms with Crippen LogP contribution >= 0.6 is 23.2 Å². The lowest BCUT2D eigenvalue weighted by atomic mass is 9.99. The van der Waals surface area contributed by atoms with Gasteiger partial charge in [0.25, 0.3) is 0 Å². The van der Waals surface area contributed by atoms with Gasteiger partial charge in [-0.2, -0.15) is 13.2 Å². The first-order valence-electron chi connectivity index (χ1n) is 8.18. The Balaban J connectivity index is 2.25. The molecule has 0 fully saturated rings. The van der Waals surface area contributed by atoms with Crippen molar-refractivity contribution >= 4 is 34.1 Å². The van der Waals surface area contributed by atoms with Crippen LogP contribution in [-0.2, 0) is 12.6 Å². The average molecular weight is 401 g/mol. The van der Waals surface area contributed by atoms with Gasteiger partial charge in [0.05, 0.1) is 11.1 Å². The summed E-state index contributed by atoms with van der Waals surface area (Å²) in [4.78, 5) is 2.98. The summed E-state index contributed by atoms with van der Waals surface area (Å²) < 4.78 is 40.5. The maximum absolute atomic E-state index is 13.5. The van der Waals surface area contributed by atoms with Crippen molar-refractivity contribution in [2.45, 2.75) is 25.4 Å². The number of rotatable bonds is 5. The molecule has 3 rings (SSSR count). The molecule has 0 saturated carbocycles. The summed E-state index contributed by atoms with van der Waals surface area (Å²) in [5.41, 5.74) is 7.09. The number of unbranched alkanes of at least 4 members (excludes halogenated alkanes) is 1. The molecule has 0 spiro atoms. The standard InChI is InChI=1S/C19H17Cl2F3N2/c20-12-6-4-11(5-7-12)17-14(3-1-2-8-25)15-9-13(21)10-16(18(15)26-17)19(22,23)24/h4-7,9-10,26H,1-3,8,25H2. The van der Waals surface area contributed by atoms with Crippen LogP contribution in [0.2, 0.25) is 10.0 Å². The molecule has 0 aliphatic heterocycles. The SMILES string of the molecule is NCCCCc1c(-c2ccc(Cl)cc2)[nH]c2c(C(F)(F)F)cc(Cl)cc12. The number of aromatic nitrogens is 1. The molecule has 0 bridgehead atoms. The molecule has 0 saturated heterocycles. The molecular weight excluding hydrogens is 384 g/mol. The van der Waals surface area contributed by atoms with Crippen molar-refractivity contribution in [1.82, 2.24) is 4.98 Å². The number of H-pyrrole nitrogens is 1. The molecule has 0 unspecified atom stereocenters. The van der Waals surface area contributed by atoms with E-state index in [-0.39, 0.29) is 10.5 Å². The van der Waals surface area contributed by atoms with Crippen LogP contribution in [0.25, 0.3) is 22.2 Å². The minimum absolute atomic E-state index is 0.0506. The van der Waals surface area contributed by atoms with Gasteiger partial charge < -0.3 is 10.7 Å². The van der Waals surface area contributed by atoms with E-state index in [0.29, 0.717) is 29.1 Å². The van der Waals surface area contributed by atoms with Gasteiger partial charge >= 0.3 is 6.18 Å². The monoisotopic (exact) mass is 400 g/mol. The summed E-state index contributed by atoms with van der Waals surface area (Å²) in [5, 5.41) is 1.12. The highest BCUT2D eigenvalue weighted by Crippen LogP contribution is 2.41. The zero-order valence-electron chi connectivity index (χ0n) is 13.8. The second kappa shape index (κ2) is 7.51. The Hall–Kier alpha value is -1.69. The molecule has 0 amide bonds. The lowest BCUT2D eigenvalue weighted by Crippen LogP contribution is -2.05. The number of halogens is 5. The Bertz CT molecular complexity index is 915. The molecule has 138 valence electrons. The molecule has 3 aromatic rings. The highest BCUT2D eigenvalue weighted by molar-refractivity contribution is 6.31. The summed E-state index contributed by atoms with van der Waals surface area (Å²) in [6, 6.07) is 9.53. The second-order valence-electron chi connectivity index (χ2n) is 6.10. The Kier molecular flexibility index (Phi) is 5.51. The Morgan fingerprint density at radius 1 is 0.962 bits per heavy atom. The second-order valence-corrected chi connectivity index (χ2v) is 6.98. The third-order valence-corrected chi connectivity index (χ3v) is 4.77. The van der Waals surface area contributed by atoms with Gasteiger partial charge in [0.15, 0.2) is 0 Å². The number of aromatic amines is 1. The van der Waals surface area contributed by atoms with Crippen LogP contribution in [0.3, 0.4) is 0 Å². The van der Waals surface area contributed by atoms with Crippen molar-refractivity contribution < 1.29 is 13.2 Å². The summed E-state index contributed by atoms with van der Waals surface area (Å²) in [7, 11) is 0. The van der Waals surface area contributed by atoms with Crippen LogP contribution in [-0.4, -0.2) is 11.5 Å². The van der Waals surface area contributed by atoms with Crippen molar-refractivity contribution in [2.75, 3.05) is 6.54 Å². The molecule has 1 heterocycles. The fourth-order valence-corrected chi connectivity index (χ4v) is 3.45. The van der Waals surface area contributed by atoms with Crippen LogP contribution in [0.15, 0.2) is 36.4 Å². The van der Waals surface area contributed by atoms with Gasteiger partial charge in [-0.05, 0) is 61.2 Å². The van der Waals surface area contributed by atoms with Crippen molar-refractivity contribution in [2.24, 2.45) is 5.73 Å². The number of hydrogen-bond donors (Lipinski definition) is 2. The van der Waals surface area contributed by atoms with Crippen LogP contribution in [0.1, 0.15) is 24.0 Å². The summed E-state index contributed by atoms with van der Waals surface area (Å²) in [6.07, 6.45) is -2.33. The number of hydrogen-bond acceptors (Lipinski definition) is 1. The highest BCUT2D eigenvalue weighted by Gasteiger charge is 2.34. The Labute approximate surface area is 159 Å². The van der Waals surface area contributed by atoms with Gasteiger partial charge in [-0.15, -0.1) is 0 Å².